The quantitative estimate of drug-likeness (QED) is 0.883. The summed E-state index contributed by atoms with van der Waals surface area (Å²) in [5.41, 5.74) is 0.957. The van der Waals surface area contributed by atoms with Gasteiger partial charge in [-0.1, -0.05) is 13.8 Å². The van der Waals surface area contributed by atoms with Crippen LogP contribution in [-0.4, -0.2) is 36.0 Å². The monoisotopic (exact) mass is 297 g/mol. The van der Waals surface area contributed by atoms with E-state index in [4.69, 9.17) is 5.14 Å². The second-order valence-electron chi connectivity index (χ2n) is 5.43. The van der Waals surface area contributed by atoms with Gasteiger partial charge in [0.1, 0.15) is 5.25 Å². The van der Waals surface area contributed by atoms with Gasteiger partial charge in [0.2, 0.25) is 15.9 Å². The van der Waals surface area contributed by atoms with Gasteiger partial charge in [-0.15, -0.1) is 0 Å². The lowest BCUT2D eigenvalue weighted by atomic mass is 9.95. The van der Waals surface area contributed by atoms with Gasteiger partial charge in [0.05, 0.1) is 6.04 Å². The molecule has 0 spiro atoms. The summed E-state index contributed by atoms with van der Waals surface area (Å²) in [5.74, 6) is 0.000107. The van der Waals surface area contributed by atoms with Crippen LogP contribution < -0.4 is 5.14 Å². The molecule has 2 heterocycles. The first-order valence-corrected chi connectivity index (χ1v) is 8.12. The van der Waals surface area contributed by atoms with E-state index in [0.717, 1.165) is 5.56 Å². The van der Waals surface area contributed by atoms with E-state index in [-0.39, 0.29) is 30.8 Å². The molecule has 2 rings (SSSR count). The van der Waals surface area contributed by atoms with Crippen molar-refractivity contribution in [2.45, 2.75) is 31.6 Å². The highest BCUT2D eigenvalue weighted by molar-refractivity contribution is 7.89. The molecule has 1 aliphatic rings. The summed E-state index contributed by atoms with van der Waals surface area (Å²) in [6.45, 7) is 4.16. The molecule has 1 aliphatic heterocycles. The van der Waals surface area contributed by atoms with E-state index in [9.17, 15) is 13.2 Å². The van der Waals surface area contributed by atoms with E-state index in [1.165, 1.54) is 0 Å². The maximum absolute atomic E-state index is 12.1. The van der Waals surface area contributed by atoms with Crippen LogP contribution >= 0.6 is 0 Å². The number of carbonyl (C=O) groups excluding carboxylic acids is 1. The zero-order valence-corrected chi connectivity index (χ0v) is 12.4. The van der Waals surface area contributed by atoms with Crippen molar-refractivity contribution < 1.29 is 13.2 Å². The maximum atomic E-state index is 12.1. The number of likely N-dealkylation sites (tertiary alicyclic amines) is 1. The normalized spacial score (nSPS) is 21.5. The summed E-state index contributed by atoms with van der Waals surface area (Å²) in [5, 5.41) is 4.36. The van der Waals surface area contributed by atoms with Crippen LogP contribution in [0.4, 0.5) is 0 Å². The molecule has 1 saturated heterocycles. The van der Waals surface area contributed by atoms with Gasteiger partial charge in [0.15, 0.2) is 0 Å². The Morgan fingerprint density at radius 1 is 1.35 bits per heavy atom. The molecular formula is C13H19N3O3S. The summed E-state index contributed by atoms with van der Waals surface area (Å²) in [7, 11) is -3.68. The van der Waals surface area contributed by atoms with Crippen molar-refractivity contribution in [2.24, 2.45) is 11.1 Å². The van der Waals surface area contributed by atoms with Gasteiger partial charge in [-0.25, -0.2) is 13.6 Å². The lowest BCUT2D eigenvalue weighted by Gasteiger charge is -2.31. The van der Waals surface area contributed by atoms with Crippen molar-refractivity contribution >= 4 is 15.9 Å². The zero-order chi connectivity index (χ0) is 14.9. The first-order valence-electron chi connectivity index (χ1n) is 6.51. The second-order valence-corrected chi connectivity index (χ2v) is 7.28. The molecule has 0 aromatic carbocycles. The van der Waals surface area contributed by atoms with Crippen LogP contribution in [0.25, 0.3) is 0 Å². The van der Waals surface area contributed by atoms with Crippen LogP contribution in [0.5, 0.6) is 0 Å². The number of hydrogen-bond donors (Lipinski definition) is 1. The molecule has 6 nitrogen and oxygen atoms in total. The van der Waals surface area contributed by atoms with Crippen LogP contribution in [0.3, 0.4) is 0 Å². The molecule has 1 aromatic heterocycles. The SMILES string of the molecule is CC(C)C(c1ccncc1)N1CC(S(N)(=O)=O)CC1=O. The van der Waals surface area contributed by atoms with Crippen molar-refractivity contribution in [3.63, 3.8) is 0 Å². The minimum absolute atomic E-state index is 0.0346. The molecule has 2 unspecified atom stereocenters. The lowest BCUT2D eigenvalue weighted by Crippen LogP contribution is -2.36. The molecule has 2 N–H and O–H groups in total. The highest BCUT2D eigenvalue weighted by Gasteiger charge is 2.40. The van der Waals surface area contributed by atoms with Gasteiger partial charge >= 0.3 is 0 Å². The van der Waals surface area contributed by atoms with E-state index in [2.05, 4.69) is 4.98 Å². The third-order valence-corrected chi connectivity index (χ3v) is 4.85. The Labute approximate surface area is 119 Å². The van der Waals surface area contributed by atoms with E-state index in [1.807, 2.05) is 26.0 Å². The Balaban J connectivity index is 2.30. The molecule has 7 heteroatoms. The number of primary sulfonamides is 1. The topological polar surface area (TPSA) is 93.4 Å². The average Bonchev–Trinajstić information content (AvgIpc) is 2.73. The van der Waals surface area contributed by atoms with Crippen LogP contribution in [-0.2, 0) is 14.8 Å². The summed E-state index contributed by atoms with van der Waals surface area (Å²) in [4.78, 5) is 17.7. The third kappa shape index (κ3) is 2.99. The zero-order valence-electron chi connectivity index (χ0n) is 11.6. The maximum Gasteiger partial charge on any atom is 0.224 e. The predicted molar refractivity (Wildman–Crippen MR) is 75.0 cm³/mol. The van der Waals surface area contributed by atoms with Crippen molar-refractivity contribution in [1.82, 2.24) is 9.88 Å². The molecular weight excluding hydrogens is 278 g/mol. The van der Waals surface area contributed by atoms with Crippen molar-refractivity contribution in [3.05, 3.63) is 30.1 Å². The number of sulfonamides is 1. The Hall–Kier alpha value is -1.47. The van der Waals surface area contributed by atoms with Gasteiger partial charge in [0.25, 0.3) is 0 Å². The number of nitrogens with two attached hydrogens (primary N) is 1. The van der Waals surface area contributed by atoms with Crippen LogP contribution in [0.15, 0.2) is 24.5 Å². The summed E-state index contributed by atoms with van der Waals surface area (Å²) in [6.07, 6.45) is 3.30. The molecule has 1 aromatic rings. The van der Waals surface area contributed by atoms with Gasteiger partial charge < -0.3 is 4.90 Å². The highest BCUT2D eigenvalue weighted by Crippen LogP contribution is 2.33. The van der Waals surface area contributed by atoms with Crippen LogP contribution in [0, 0.1) is 5.92 Å². The molecule has 20 heavy (non-hydrogen) atoms. The van der Waals surface area contributed by atoms with Crippen LogP contribution in [0.2, 0.25) is 0 Å². The molecule has 2 atom stereocenters. The second kappa shape index (κ2) is 5.49. The van der Waals surface area contributed by atoms with Gasteiger partial charge in [-0.2, -0.15) is 0 Å². The molecule has 110 valence electrons. The summed E-state index contributed by atoms with van der Waals surface area (Å²) < 4.78 is 22.9. The van der Waals surface area contributed by atoms with Crippen molar-refractivity contribution in [2.75, 3.05) is 6.54 Å². The van der Waals surface area contributed by atoms with Gasteiger partial charge in [-0.3, -0.25) is 9.78 Å². The van der Waals surface area contributed by atoms with E-state index < -0.39 is 15.3 Å². The van der Waals surface area contributed by atoms with Crippen LogP contribution in [0.1, 0.15) is 31.9 Å². The molecule has 1 fully saturated rings. The molecule has 0 aliphatic carbocycles. The number of hydrogen-bond acceptors (Lipinski definition) is 4. The minimum atomic E-state index is -3.68. The largest absolute Gasteiger partial charge is 0.334 e. The first-order chi connectivity index (χ1) is 9.30. The molecule has 1 amide bonds. The van der Waals surface area contributed by atoms with Crippen molar-refractivity contribution in [3.8, 4) is 0 Å². The molecule has 0 radical (unpaired) electrons. The standard InChI is InChI=1S/C13H19N3O3S/c1-9(2)13(10-3-5-15-6-4-10)16-8-11(7-12(16)17)20(14,18)19/h3-6,9,11,13H,7-8H2,1-2H3,(H2,14,18,19). The van der Waals surface area contributed by atoms with E-state index >= 15 is 0 Å². The number of pyridine rings is 1. The number of amides is 1. The van der Waals surface area contributed by atoms with E-state index in [0.29, 0.717) is 0 Å². The van der Waals surface area contributed by atoms with E-state index in [1.54, 1.807) is 17.3 Å². The Bertz CT molecular complexity index is 586. The highest BCUT2D eigenvalue weighted by atomic mass is 32.2. The molecule has 0 saturated carbocycles. The third-order valence-electron chi connectivity index (χ3n) is 3.60. The fourth-order valence-electron chi connectivity index (χ4n) is 2.67. The number of carbonyl (C=O) groups is 1. The number of nitrogens with zero attached hydrogens (tertiary/aromatic N) is 2. The first kappa shape index (κ1) is 14.9. The van der Waals surface area contributed by atoms with Crippen molar-refractivity contribution in [1.29, 1.82) is 0 Å². The average molecular weight is 297 g/mol. The molecule has 0 bridgehead atoms. The summed E-state index contributed by atoms with van der Waals surface area (Å²) in [6, 6.07) is 3.54. The number of rotatable bonds is 4. The Kier molecular flexibility index (Phi) is 4.10. The Morgan fingerprint density at radius 2 is 1.95 bits per heavy atom. The number of aromatic nitrogens is 1. The van der Waals surface area contributed by atoms with Gasteiger partial charge in [0, 0.05) is 25.4 Å². The fourth-order valence-corrected chi connectivity index (χ4v) is 3.42. The van der Waals surface area contributed by atoms with Gasteiger partial charge in [-0.05, 0) is 23.6 Å². The summed E-state index contributed by atoms with van der Waals surface area (Å²) >= 11 is 0. The minimum Gasteiger partial charge on any atom is -0.334 e. The predicted octanol–water partition coefficient (Wildman–Crippen LogP) is 0.668. The lowest BCUT2D eigenvalue weighted by molar-refractivity contribution is -0.130. The Morgan fingerprint density at radius 3 is 2.40 bits per heavy atom. The fraction of sp³-hybridized carbons (Fsp3) is 0.538. The smallest absolute Gasteiger partial charge is 0.224 e.